The van der Waals surface area contributed by atoms with Gasteiger partial charge < -0.3 is 15.5 Å². The maximum Gasteiger partial charge on any atom is 0.188 e. The predicted molar refractivity (Wildman–Crippen MR) is 94.7 cm³/mol. The van der Waals surface area contributed by atoms with Gasteiger partial charge in [0, 0.05) is 23.9 Å². The Hall–Kier alpha value is -1.24. The highest BCUT2D eigenvalue weighted by atomic mass is 127. The van der Waals surface area contributed by atoms with Crippen molar-refractivity contribution in [3.05, 3.63) is 36.1 Å². The smallest absolute Gasteiger partial charge is 0.188 e. The second-order valence-electron chi connectivity index (χ2n) is 5.64. The first-order valence-corrected chi connectivity index (χ1v) is 6.50. The molecule has 20 heavy (non-hydrogen) atoms. The first-order valence-electron chi connectivity index (χ1n) is 6.50. The quantitative estimate of drug-likeness (QED) is 0.483. The van der Waals surface area contributed by atoms with E-state index in [4.69, 9.17) is 10.2 Å². The molecule has 0 aliphatic rings. The third-order valence-corrected chi connectivity index (χ3v) is 2.62. The lowest BCUT2D eigenvalue weighted by Gasteiger charge is -2.20. The van der Waals surface area contributed by atoms with E-state index < -0.39 is 0 Å². The molecule has 0 aliphatic carbocycles. The number of aliphatic imine (C=N–C) groups is 1. The fourth-order valence-electron chi connectivity index (χ4n) is 1.87. The Morgan fingerprint density at radius 2 is 2.00 bits per heavy atom. The molecule has 0 saturated carbocycles. The van der Waals surface area contributed by atoms with Gasteiger partial charge in [0.25, 0.3) is 0 Å². The lowest BCUT2D eigenvalue weighted by molar-refractivity contribution is 0.507. The van der Waals surface area contributed by atoms with Gasteiger partial charge >= 0.3 is 0 Å². The van der Waals surface area contributed by atoms with E-state index >= 15 is 0 Å². The standard InChI is InChI=1S/C15H21N3O.HI/c1-15(2,3)18-14(16)17-9-8-12-10-11-6-4-5-7-13(11)19-12;/h4-7,10H,8-9H2,1-3H3,(H3,16,17,18);1H. The number of halogens is 1. The molecule has 0 fully saturated rings. The number of furan rings is 1. The van der Waals surface area contributed by atoms with E-state index in [0.717, 1.165) is 23.2 Å². The largest absolute Gasteiger partial charge is 0.461 e. The van der Waals surface area contributed by atoms with Crippen LogP contribution in [0, 0.1) is 0 Å². The van der Waals surface area contributed by atoms with Gasteiger partial charge in [0.15, 0.2) is 5.96 Å². The summed E-state index contributed by atoms with van der Waals surface area (Å²) in [6.07, 6.45) is 0.751. The van der Waals surface area contributed by atoms with Gasteiger partial charge in [-0.2, -0.15) is 0 Å². The molecular weight excluding hydrogens is 365 g/mol. The number of nitrogens with two attached hydrogens (primary N) is 1. The molecule has 3 N–H and O–H groups in total. The summed E-state index contributed by atoms with van der Waals surface area (Å²) in [5, 5.41) is 4.26. The van der Waals surface area contributed by atoms with Crippen LogP contribution in [0.25, 0.3) is 11.0 Å². The van der Waals surface area contributed by atoms with Gasteiger partial charge in [0.2, 0.25) is 0 Å². The first kappa shape index (κ1) is 16.8. The number of hydrogen-bond donors (Lipinski definition) is 2. The van der Waals surface area contributed by atoms with Crippen LogP contribution in [-0.2, 0) is 6.42 Å². The maximum atomic E-state index is 5.81. The molecule has 0 aliphatic heterocycles. The molecule has 1 aromatic heterocycles. The molecular formula is C15H22IN3O. The number of rotatable bonds is 3. The summed E-state index contributed by atoms with van der Waals surface area (Å²) in [7, 11) is 0. The van der Waals surface area contributed by atoms with Gasteiger partial charge in [-0.1, -0.05) is 18.2 Å². The van der Waals surface area contributed by atoms with Gasteiger partial charge in [-0.3, -0.25) is 4.99 Å². The summed E-state index contributed by atoms with van der Waals surface area (Å²) >= 11 is 0. The summed E-state index contributed by atoms with van der Waals surface area (Å²) in [5.74, 6) is 1.41. The zero-order valence-electron chi connectivity index (χ0n) is 12.1. The summed E-state index contributed by atoms with van der Waals surface area (Å²) in [5.41, 5.74) is 6.66. The van der Waals surface area contributed by atoms with Crippen molar-refractivity contribution in [2.75, 3.05) is 6.54 Å². The average Bonchev–Trinajstić information content (AvgIpc) is 2.68. The highest BCUT2D eigenvalue weighted by Crippen LogP contribution is 2.18. The monoisotopic (exact) mass is 387 g/mol. The van der Waals surface area contributed by atoms with Crippen LogP contribution in [0.3, 0.4) is 0 Å². The van der Waals surface area contributed by atoms with Crippen LogP contribution in [0.5, 0.6) is 0 Å². The molecule has 2 aromatic rings. The lowest BCUT2D eigenvalue weighted by atomic mass is 10.1. The Labute approximate surface area is 136 Å². The molecule has 2 rings (SSSR count). The molecule has 0 unspecified atom stereocenters. The molecule has 0 amide bonds. The molecule has 0 atom stereocenters. The molecule has 1 heterocycles. The second-order valence-corrected chi connectivity index (χ2v) is 5.64. The third-order valence-electron chi connectivity index (χ3n) is 2.62. The van der Waals surface area contributed by atoms with E-state index in [1.165, 1.54) is 0 Å². The Bertz CT molecular complexity index is 551. The minimum absolute atomic E-state index is 0. The summed E-state index contributed by atoms with van der Waals surface area (Å²) in [6.45, 7) is 6.77. The van der Waals surface area contributed by atoms with Crippen LogP contribution >= 0.6 is 24.0 Å². The highest BCUT2D eigenvalue weighted by Gasteiger charge is 2.09. The Morgan fingerprint density at radius 1 is 1.30 bits per heavy atom. The molecule has 4 nitrogen and oxygen atoms in total. The van der Waals surface area contributed by atoms with Crippen molar-refractivity contribution >= 4 is 40.9 Å². The second kappa shape index (κ2) is 6.97. The van der Waals surface area contributed by atoms with E-state index in [0.29, 0.717) is 12.5 Å². The van der Waals surface area contributed by atoms with Crippen LogP contribution in [0.15, 0.2) is 39.7 Å². The normalized spacial score (nSPS) is 12.2. The van der Waals surface area contributed by atoms with Crippen molar-refractivity contribution in [3.8, 4) is 0 Å². The van der Waals surface area contributed by atoms with Crippen LogP contribution in [0.1, 0.15) is 26.5 Å². The summed E-state index contributed by atoms with van der Waals surface area (Å²) in [4.78, 5) is 4.30. The van der Waals surface area contributed by atoms with Crippen LogP contribution in [0.4, 0.5) is 0 Å². The molecule has 0 saturated heterocycles. The first-order chi connectivity index (χ1) is 8.94. The topological polar surface area (TPSA) is 63.5 Å². The van der Waals surface area contributed by atoms with E-state index in [2.05, 4.69) is 37.1 Å². The number of para-hydroxylation sites is 1. The van der Waals surface area contributed by atoms with Crippen molar-refractivity contribution in [2.45, 2.75) is 32.7 Å². The summed E-state index contributed by atoms with van der Waals surface area (Å²) in [6, 6.07) is 10.0. The SMILES string of the molecule is CC(C)(C)NC(N)=NCCc1cc2ccccc2o1.I. The van der Waals surface area contributed by atoms with Crippen LogP contribution in [-0.4, -0.2) is 18.0 Å². The van der Waals surface area contributed by atoms with Gasteiger partial charge in [-0.25, -0.2) is 0 Å². The molecule has 0 bridgehead atoms. The molecule has 1 aromatic carbocycles. The van der Waals surface area contributed by atoms with Crippen molar-refractivity contribution in [2.24, 2.45) is 10.7 Å². The Balaban J connectivity index is 0.00000200. The highest BCUT2D eigenvalue weighted by molar-refractivity contribution is 14.0. The zero-order chi connectivity index (χ0) is 13.9. The van der Waals surface area contributed by atoms with Crippen molar-refractivity contribution in [1.82, 2.24) is 5.32 Å². The third kappa shape index (κ3) is 5.03. The van der Waals surface area contributed by atoms with E-state index in [1.807, 2.05) is 24.3 Å². The minimum Gasteiger partial charge on any atom is -0.461 e. The van der Waals surface area contributed by atoms with Crippen molar-refractivity contribution in [1.29, 1.82) is 0 Å². The fourth-order valence-corrected chi connectivity index (χ4v) is 1.87. The Kier molecular flexibility index (Phi) is 5.86. The number of hydrogen-bond acceptors (Lipinski definition) is 2. The van der Waals surface area contributed by atoms with Gasteiger partial charge in [-0.15, -0.1) is 24.0 Å². The number of benzene rings is 1. The van der Waals surface area contributed by atoms with E-state index in [-0.39, 0.29) is 29.5 Å². The lowest BCUT2D eigenvalue weighted by Crippen LogP contribution is -2.45. The number of nitrogens with one attached hydrogen (secondary N) is 1. The molecule has 0 spiro atoms. The van der Waals surface area contributed by atoms with E-state index in [1.54, 1.807) is 0 Å². The molecule has 5 heteroatoms. The number of nitrogens with zero attached hydrogens (tertiary/aromatic N) is 1. The maximum absolute atomic E-state index is 5.81. The van der Waals surface area contributed by atoms with Gasteiger partial charge in [-0.05, 0) is 32.9 Å². The van der Waals surface area contributed by atoms with Crippen molar-refractivity contribution < 1.29 is 4.42 Å². The number of fused-ring (bicyclic) bond motifs is 1. The van der Waals surface area contributed by atoms with Gasteiger partial charge in [0.1, 0.15) is 11.3 Å². The van der Waals surface area contributed by atoms with E-state index in [9.17, 15) is 0 Å². The predicted octanol–water partition coefficient (Wildman–Crippen LogP) is 3.30. The molecule has 110 valence electrons. The fraction of sp³-hybridized carbons (Fsp3) is 0.400. The van der Waals surface area contributed by atoms with Gasteiger partial charge in [0.05, 0.1) is 0 Å². The zero-order valence-corrected chi connectivity index (χ0v) is 14.5. The number of guanidine groups is 1. The minimum atomic E-state index is -0.0626. The van der Waals surface area contributed by atoms with Crippen LogP contribution < -0.4 is 11.1 Å². The average molecular weight is 387 g/mol. The van der Waals surface area contributed by atoms with Crippen molar-refractivity contribution in [3.63, 3.8) is 0 Å². The Morgan fingerprint density at radius 3 is 2.65 bits per heavy atom. The molecule has 0 radical (unpaired) electrons. The summed E-state index contributed by atoms with van der Waals surface area (Å²) < 4.78 is 5.72. The van der Waals surface area contributed by atoms with Crippen LogP contribution in [0.2, 0.25) is 0 Å².